The second-order valence-electron chi connectivity index (χ2n) is 11.9. The number of carbonyl (C=O) groups is 1. The lowest BCUT2D eigenvalue weighted by molar-refractivity contribution is -0.384. The van der Waals surface area contributed by atoms with Crippen molar-refractivity contribution in [3.8, 4) is 23.3 Å². The molecule has 0 saturated heterocycles. The van der Waals surface area contributed by atoms with E-state index >= 15 is 0 Å². The first-order chi connectivity index (χ1) is 19.2. The van der Waals surface area contributed by atoms with E-state index in [0.29, 0.717) is 17.9 Å². The number of benzene rings is 4. The van der Waals surface area contributed by atoms with Crippen LogP contribution in [0.15, 0.2) is 77.3 Å². The summed E-state index contributed by atoms with van der Waals surface area (Å²) >= 11 is 3.66. The molecule has 7 heteroatoms. The Kier molecular flexibility index (Phi) is 8.55. The Morgan fingerprint density at radius 1 is 0.878 bits per heavy atom. The number of carbonyl (C=O) groups excluding carboxylic acids is 1. The molecular weight excluding hydrogens is 582 g/mol. The molecule has 0 bridgehead atoms. The summed E-state index contributed by atoms with van der Waals surface area (Å²) in [4.78, 5) is 22.9. The highest BCUT2D eigenvalue weighted by molar-refractivity contribution is 9.10. The highest BCUT2D eigenvalue weighted by Gasteiger charge is 2.21. The van der Waals surface area contributed by atoms with E-state index in [1.165, 1.54) is 35.4 Å². The Bertz CT molecular complexity index is 1650. The average molecular weight is 615 g/mol. The Hall–Kier alpha value is -4.15. The van der Waals surface area contributed by atoms with E-state index in [9.17, 15) is 14.9 Å². The van der Waals surface area contributed by atoms with Gasteiger partial charge in [0.05, 0.1) is 10.5 Å². The van der Waals surface area contributed by atoms with E-state index in [1.54, 1.807) is 0 Å². The molecule has 0 aliphatic rings. The number of nitrogens with zero attached hydrogens (tertiary/aromatic N) is 1. The Balaban J connectivity index is 1.68. The molecule has 0 fully saturated rings. The van der Waals surface area contributed by atoms with E-state index in [1.807, 2.05) is 30.3 Å². The molecular formula is C34H32BrNO5. The van der Waals surface area contributed by atoms with Gasteiger partial charge in [0.15, 0.2) is 0 Å². The summed E-state index contributed by atoms with van der Waals surface area (Å²) in [5, 5.41) is 12.6. The lowest BCUT2D eigenvalue weighted by Gasteiger charge is -2.26. The molecule has 4 aromatic carbocycles. The van der Waals surface area contributed by atoms with E-state index < -0.39 is 10.9 Å². The molecule has 4 aromatic rings. The Morgan fingerprint density at radius 2 is 1.46 bits per heavy atom. The monoisotopic (exact) mass is 613 g/mol. The Morgan fingerprint density at radius 3 is 2.02 bits per heavy atom. The minimum absolute atomic E-state index is 0.0251. The van der Waals surface area contributed by atoms with E-state index in [2.05, 4.69) is 87.5 Å². The van der Waals surface area contributed by atoms with Crippen molar-refractivity contribution in [3.05, 3.63) is 110 Å². The molecule has 210 valence electrons. The van der Waals surface area contributed by atoms with Gasteiger partial charge in [0.25, 0.3) is 5.69 Å². The average Bonchev–Trinajstić information content (AvgIpc) is 2.90. The van der Waals surface area contributed by atoms with Gasteiger partial charge in [0.2, 0.25) is 0 Å². The highest BCUT2D eigenvalue weighted by Crippen LogP contribution is 2.35. The molecule has 6 nitrogen and oxygen atoms in total. The van der Waals surface area contributed by atoms with E-state index in [-0.39, 0.29) is 22.3 Å². The summed E-state index contributed by atoms with van der Waals surface area (Å²) in [5.41, 5.74) is 3.93. The van der Waals surface area contributed by atoms with Gasteiger partial charge in [-0.3, -0.25) is 10.1 Å². The predicted molar refractivity (Wildman–Crippen MR) is 165 cm³/mol. The third kappa shape index (κ3) is 7.33. The van der Waals surface area contributed by atoms with Crippen molar-refractivity contribution in [1.82, 2.24) is 0 Å². The first-order valence-electron chi connectivity index (χ1n) is 13.2. The van der Waals surface area contributed by atoms with Crippen LogP contribution in [0.5, 0.6) is 11.5 Å². The normalized spacial score (nSPS) is 11.5. The van der Waals surface area contributed by atoms with Crippen molar-refractivity contribution in [2.75, 3.05) is 0 Å². The van der Waals surface area contributed by atoms with Gasteiger partial charge in [-0.1, -0.05) is 106 Å². The number of non-ortho nitro benzene ring substituents is 1. The number of nitro groups is 1. The second-order valence-corrected chi connectivity index (χ2v) is 12.7. The fourth-order valence-corrected chi connectivity index (χ4v) is 4.79. The van der Waals surface area contributed by atoms with Crippen LogP contribution >= 0.6 is 15.9 Å². The van der Waals surface area contributed by atoms with Gasteiger partial charge in [0, 0.05) is 27.9 Å². The highest BCUT2D eigenvalue weighted by atomic mass is 79.9. The molecule has 0 saturated carbocycles. The first-order valence-corrected chi connectivity index (χ1v) is 14.0. The van der Waals surface area contributed by atoms with E-state index in [0.717, 1.165) is 20.8 Å². The summed E-state index contributed by atoms with van der Waals surface area (Å²) in [7, 11) is 0. The maximum atomic E-state index is 12.6. The molecule has 41 heavy (non-hydrogen) atoms. The third-order valence-electron chi connectivity index (χ3n) is 6.62. The van der Waals surface area contributed by atoms with Crippen LogP contribution in [0.1, 0.15) is 63.8 Å². The second kappa shape index (κ2) is 11.8. The SMILES string of the molecule is CC(C)(C)c1cc(COc2cc(Br)c3ccccc3c2C#CC(=O)Oc2ccc([N+](=O)[O-])cc2)cc(C(C)(C)C)c1. The third-order valence-corrected chi connectivity index (χ3v) is 7.28. The van der Waals surface area contributed by atoms with Crippen molar-refractivity contribution < 1.29 is 19.2 Å². The number of halogens is 1. The number of fused-ring (bicyclic) bond motifs is 1. The number of rotatable bonds is 5. The zero-order chi connectivity index (χ0) is 29.9. The summed E-state index contributed by atoms with van der Waals surface area (Å²) in [6, 6.07) is 21.5. The number of hydrogen-bond donors (Lipinski definition) is 0. The van der Waals surface area contributed by atoms with Gasteiger partial charge < -0.3 is 9.47 Å². The molecule has 0 N–H and O–H groups in total. The molecule has 0 radical (unpaired) electrons. The van der Waals surface area contributed by atoms with Crippen LogP contribution in [0, 0.1) is 22.0 Å². The zero-order valence-electron chi connectivity index (χ0n) is 24.0. The fourth-order valence-electron chi connectivity index (χ4n) is 4.23. The molecule has 0 amide bonds. The van der Waals surface area contributed by atoms with Gasteiger partial charge in [-0.2, -0.15) is 0 Å². The molecule has 0 aliphatic carbocycles. The quantitative estimate of drug-likeness (QED) is 0.0739. The number of nitro benzene ring substituents is 1. The van der Waals surface area contributed by atoms with Gasteiger partial charge >= 0.3 is 5.97 Å². The largest absolute Gasteiger partial charge is 0.488 e. The van der Waals surface area contributed by atoms with Crippen molar-refractivity contribution in [1.29, 1.82) is 0 Å². The summed E-state index contributed by atoms with van der Waals surface area (Å²) in [5.74, 6) is 5.43. The molecule has 0 spiro atoms. The van der Waals surface area contributed by atoms with Gasteiger partial charge in [-0.25, -0.2) is 4.79 Å². The topological polar surface area (TPSA) is 78.7 Å². The standard InChI is InChI=1S/C34H32BrNO5/c1-33(2,3)23-17-22(18-24(19-23)34(4,5)6)21-40-31-20-30(35)28-10-8-7-9-27(28)29(31)15-16-32(37)41-26-13-11-25(12-14-26)36(38)39/h7-14,17-20H,21H2,1-6H3. The molecule has 0 atom stereocenters. The molecule has 0 aromatic heterocycles. The maximum absolute atomic E-state index is 12.6. The van der Waals surface area contributed by atoms with Gasteiger partial charge in [-0.15, -0.1) is 0 Å². The van der Waals surface area contributed by atoms with Gasteiger partial charge in [0.1, 0.15) is 18.1 Å². The summed E-state index contributed by atoms with van der Waals surface area (Å²) in [6.45, 7) is 13.5. The fraction of sp³-hybridized carbons (Fsp3) is 0.265. The molecule has 0 heterocycles. The molecule has 0 unspecified atom stereocenters. The first kappa shape index (κ1) is 29.8. The zero-order valence-corrected chi connectivity index (χ0v) is 25.6. The maximum Gasteiger partial charge on any atom is 0.390 e. The van der Waals surface area contributed by atoms with Crippen LogP contribution < -0.4 is 9.47 Å². The summed E-state index contributed by atoms with van der Waals surface area (Å²) in [6.07, 6.45) is 0. The Labute approximate surface area is 249 Å². The van der Waals surface area contributed by atoms with Crippen LogP contribution in [0.2, 0.25) is 0 Å². The van der Waals surface area contributed by atoms with Crippen LogP contribution in [-0.4, -0.2) is 10.9 Å². The van der Waals surface area contributed by atoms with Crippen LogP contribution in [-0.2, 0) is 22.2 Å². The van der Waals surface area contributed by atoms with Crippen LogP contribution in [0.25, 0.3) is 10.8 Å². The molecule has 4 rings (SSSR count). The number of esters is 1. The lowest BCUT2D eigenvalue weighted by atomic mass is 9.79. The van der Waals surface area contributed by atoms with E-state index in [4.69, 9.17) is 9.47 Å². The minimum Gasteiger partial charge on any atom is -0.488 e. The minimum atomic E-state index is -0.787. The van der Waals surface area contributed by atoms with Gasteiger partial charge in [-0.05, 0) is 51.1 Å². The summed E-state index contributed by atoms with van der Waals surface area (Å²) < 4.78 is 12.5. The lowest BCUT2D eigenvalue weighted by Crippen LogP contribution is -2.17. The smallest absolute Gasteiger partial charge is 0.390 e. The van der Waals surface area contributed by atoms with Crippen LogP contribution in [0.3, 0.4) is 0 Å². The van der Waals surface area contributed by atoms with Crippen molar-refractivity contribution in [2.45, 2.75) is 59.0 Å². The van der Waals surface area contributed by atoms with Crippen molar-refractivity contribution in [2.24, 2.45) is 0 Å². The predicted octanol–water partition coefficient (Wildman–Crippen LogP) is 8.64. The van der Waals surface area contributed by atoms with Crippen molar-refractivity contribution in [3.63, 3.8) is 0 Å². The number of ether oxygens (including phenoxy) is 2. The molecule has 0 aliphatic heterocycles. The van der Waals surface area contributed by atoms with Crippen molar-refractivity contribution >= 4 is 38.4 Å². The van der Waals surface area contributed by atoms with Crippen LogP contribution in [0.4, 0.5) is 5.69 Å². The number of hydrogen-bond acceptors (Lipinski definition) is 5.